The van der Waals surface area contributed by atoms with Crippen molar-refractivity contribution in [1.82, 2.24) is 0 Å². The van der Waals surface area contributed by atoms with Crippen LogP contribution in [0.1, 0.15) is 11.1 Å². The molecule has 0 atom stereocenters. The summed E-state index contributed by atoms with van der Waals surface area (Å²) in [5, 5.41) is 4.16. The van der Waals surface area contributed by atoms with Crippen LogP contribution >= 0.6 is 0 Å². The Kier molecular flexibility index (Phi) is 5.71. The summed E-state index contributed by atoms with van der Waals surface area (Å²) in [7, 11) is 3.71. The van der Waals surface area contributed by atoms with E-state index in [1.165, 1.54) is 6.08 Å². The lowest BCUT2D eigenvalue weighted by molar-refractivity contribution is -0.114. The molecule has 1 aliphatic rings. The van der Waals surface area contributed by atoms with Crippen molar-refractivity contribution < 1.29 is 26.7 Å². The number of benzene rings is 3. The maximum Gasteiger partial charge on any atom is 0.281 e. The predicted molar refractivity (Wildman–Crippen MR) is 115 cm³/mol. The molecule has 0 radical (unpaired) electrons. The first-order chi connectivity index (χ1) is 15.7. The van der Waals surface area contributed by atoms with Crippen molar-refractivity contribution in [1.29, 1.82) is 0 Å². The van der Waals surface area contributed by atoms with Gasteiger partial charge in [0.2, 0.25) is 5.82 Å². The Morgan fingerprint density at radius 1 is 0.788 bits per heavy atom. The molecule has 0 aromatic heterocycles. The second-order valence-electron chi connectivity index (χ2n) is 7.39. The number of carbonyl (C=O) groups excluding carboxylic acids is 1. The highest BCUT2D eigenvalue weighted by atomic mass is 19.2. The van der Waals surface area contributed by atoms with Gasteiger partial charge in [-0.3, -0.25) is 4.79 Å². The molecular formula is C24H16F5N3O. The van der Waals surface area contributed by atoms with E-state index < -0.39 is 40.7 Å². The van der Waals surface area contributed by atoms with Gasteiger partial charge in [0.25, 0.3) is 5.91 Å². The lowest BCUT2D eigenvalue weighted by Crippen LogP contribution is -2.25. The number of anilines is 2. The minimum Gasteiger partial charge on any atom is -0.378 e. The van der Waals surface area contributed by atoms with Gasteiger partial charge in [0.05, 0.1) is 5.57 Å². The van der Waals surface area contributed by atoms with Crippen molar-refractivity contribution in [2.75, 3.05) is 24.0 Å². The maximum atomic E-state index is 14.4. The van der Waals surface area contributed by atoms with Crippen LogP contribution in [0.3, 0.4) is 0 Å². The zero-order valence-corrected chi connectivity index (χ0v) is 17.4. The Hall–Kier alpha value is -4.01. The van der Waals surface area contributed by atoms with Crippen molar-refractivity contribution in [2.45, 2.75) is 0 Å². The molecule has 0 spiro atoms. The van der Waals surface area contributed by atoms with E-state index in [2.05, 4.69) is 5.10 Å². The van der Waals surface area contributed by atoms with Crippen LogP contribution in [0.25, 0.3) is 6.08 Å². The molecule has 0 saturated carbocycles. The van der Waals surface area contributed by atoms with Gasteiger partial charge in [-0.05, 0) is 23.8 Å². The molecular weight excluding hydrogens is 441 g/mol. The Morgan fingerprint density at radius 2 is 1.33 bits per heavy atom. The third-order valence-electron chi connectivity index (χ3n) is 5.04. The van der Waals surface area contributed by atoms with E-state index in [0.717, 1.165) is 5.69 Å². The molecule has 4 rings (SSSR count). The van der Waals surface area contributed by atoms with E-state index in [4.69, 9.17) is 0 Å². The summed E-state index contributed by atoms with van der Waals surface area (Å²) in [6, 6.07) is 15.3. The number of carbonyl (C=O) groups is 1. The van der Waals surface area contributed by atoms with Crippen molar-refractivity contribution in [3.8, 4) is 0 Å². The normalized spacial score (nSPS) is 14.8. The molecule has 168 valence electrons. The fourth-order valence-corrected chi connectivity index (χ4v) is 3.32. The number of amides is 1. The summed E-state index contributed by atoms with van der Waals surface area (Å²) in [6.45, 7) is 0. The smallest absolute Gasteiger partial charge is 0.281 e. The van der Waals surface area contributed by atoms with Gasteiger partial charge >= 0.3 is 0 Å². The minimum absolute atomic E-state index is 0.0289. The fourth-order valence-electron chi connectivity index (χ4n) is 3.32. The standard InChI is InChI=1S/C24H16F5N3O/c1-31(2)15-10-8-13(9-11-15)12-16-22(14-6-4-3-5-7-14)30-32(24(16)33)23-20(28)18(26)17(25)19(27)21(23)29/h3-12H,1-2H3/b16-12+. The third kappa shape index (κ3) is 3.86. The van der Waals surface area contributed by atoms with Gasteiger partial charge < -0.3 is 4.90 Å². The van der Waals surface area contributed by atoms with Gasteiger partial charge in [-0.2, -0.15) is 10.1 Å². The first-order valence-corrected chi connectivity index (χ1v) is 9.70. The van der Waals surface area contributed by atoms with Crippen LogP contribution in [0.4, 0.5) is 33.3 Å². The number of rotatable bonds is 4. The number of halogens is 5. The van der Waals surface area contributed by atoms with Crippen LogP contribution in [0.15, 0.2) is 65.3 Å². The van der Waals surface area contributed by atoms with Crippen molar-refractivity contribution in [2.24, 2.45) is 5.10 Å². The molecule has 0 bridgehead atoms. The number of hydrogen-bond acceptors (Lipinski definition) is 3. The first kappa shape index (κ1) is 22.2. The van der Waals surface area contributed by atoms with Gasteiger partial charge in [-0.15, -0.1) is 0 Å². The molecule has 1 aliphatic heterocycles. The lowest BCUT2D eigenvalue weighted by atomic mass is 10.00. The van der Waals surface area contributed by atoms with Crippen LogP contribution in [0.2, 0.25) is 0 Å². The number of hydrogen-bond donors (Lipinski definition) is 0. The minimum atomic E-state index is -2.32. The van der Waals surface area contributed by atoms with E-state index in [9.17, 15) is 26.7 Å². The van der Waals surface area contributed by atoms with Gasteiger partial charge in [-0.25, -0.2) is 22.0 Å². The van der Waals surface area contributed by atoms with E-state index in [0.29, 0.717) is 11.1 Å². The first-order valence-electron chi connectivity index (χ1n) is 9.70. The Balaban J connectivity index is 1.88. The second-order valence-corrected chi connectivity index (χ2v) is 7.39. The Morgan fingerprint density at radius 3 is 1.88 bits per heavy atom. The maximum absolute atomic E-state index is 14.4. The van der Waals surface area contributed by atoms with Crippen LogP contribution in [0.5, 0.6) is 0 Å². The van der Waals surface area contributed by atoms with E-state index in [1.807, 2.05) is 19.0 Å². The van der Waals surface area contributed by atoms with E-state index >= 15 is 0 Å². The summed E-state index contributed by atoms with van der Waals surface area (Å²) >= 11 is 0. The van der Waals surface area contributed by atoms with Gasteiger partial charge in [0.15, 0.2) is 23.3 Å². The molecule has 3 aromatic rings. The third-order valence-corrected chi connectivity index (χ3v) is 5.04. The molecule has 0 N–H and O–H groups in total. The summed E-state index contributed by atoms with van der Waals surface area (Å²) in [5.41, 5.74) is 0.426. The lowest BCUT2D eigenvalue weighted by Gasteiger charge is -2.15. The number of nitrogens with zero attached hydrogens (tertiary/aromatic N) is 3. The molecule has 0 aliphatic carbocycles. The van der Waals surface area contributed by atoms with Crippen molar-refractivity contribution in [3.63, 3.8) is 0 Å². The van der Waals surface area contributed by atoms with Crippen molar-refractivity contribution in [3.05, 3.63) is 100 Å². The topological polar surface area (TPSA) is 35.9 Å². The Bertz CT molecular complexity index is 1270. The summed E-state index contributed by atoms with van der Waals surface area (Å²) in [6.07, 6.45) is 1.44. The van der Waals surface area contributed by atoms with Crippen LogP contribution in [-0.2, 0) is 4.79 Å². The summed E-state index contributed by atoms with van der Waals surface area (Å²) < 4.78 is 69.9. The largest absolute Gasteiger partial charge is 0.378 e. The average Bonchev–Trinajstić information content (AvgIpc) is 3.13. The highest BCUT2D eigenvalue weighted by molar-refractivity contribution is 6.37. The van der Waals surface area contributed by atoms with Crippen LogP contribution in [-0.4, -0.2) is 25.7 Å². The quantitative estimate of drug-likeness (QED) is 0.231. The molecule has 0 unspecified atom stereocenters. The molecule has 3 aromatic carbocycles. The van der Waals surface area contributed by atoms with Gasteiger partial charge in [-0.1, -0.05) is 42.5 Å². The van der Waals surface area contributed by atoms with Crippen molar-refractivity contribution >= 4 is 29.1 Å². The molecule has 4 nitrogen and oxygen atoms in total. The Labute approximate surface area is 185 Å². The van der Waals surface area contributed by atoms with E-state index in [-0.39, 0.29) is 16.3 Å². The molecule has 1 heterocycles. The molecule has 33 heavy (non-hydrogen) atoms. The van der Waals surface area contributed by atoms with Crippen LogP contribution < -0.4 is 9.91 Å². The zero-order valence-electron chi connectivity index (χ0n) is 17.4. The van der Waals surface area contributed by atoms with Crippen LogP contribution in [0, 0.1) is 29.1 Å². The SMILES string of the molecule is CN(C)c1ccc(/C=C2/C(=O)N(c3c(F)c(F)c(F)c(F)c3F)N=C2c2ccccc2)cc1. The monoisotopic (exact) mass is 457 g/mol. The van der Waals surface area contributed by atoms with E-state index in [1.54, 1.807) is 54.6 Å². The predicted octanol–water partition coefficient (Wildman–Crippen LogP) is 5.28. The van der Waals surface area contributed by atoms with Gasteiger partial charge in [0, 0.05) is 25.3 Å². The molecule has 9 heteroatoms. The zero-order chi connectivity index (χ0) is 23.9. The summed E-state index contributed by atoms with van der Waals surface area (Å²) in [5.74, 6) is -12.0. The second kappa shape index (κ2) is 8.50. The highest BCUT2D eigenvalue weighted by Gasteiger charge is 2.38. The van der Waals surface area contributed by atoms with Gasteiger partial charge in [0.1, 0.15) is 11.4 Å². The average molecular weight is 457 g/mol. The highest BCUT2D eigenvalue weighted by Crippen LogP contribution is 2.35. The summed E-state index contributed by atoms with van der Waals surface area (Å²) in [4.78, 5) is 15.0. The number of hydrazone groups is 1. The molecule has 0 fully saturated rings. The molecule has 0 saturated heterocycles. The molecule has 1 amide bonds. The fraction of sp³-hybridized carbons (Fsp3) is 0.0833.